The Balaban J connectivity index is 2.02. The van der Waals surface area contributed by atoms with Gasteiger partial charge in [0.25, 0.3) is 0 Å². The van der Waals surface area contributed by atoms with Gasteiger partial charge in [0.2, 0.25) is 0 Å². The summed E-state index contributed by atoms with van der Waals surface area (Å²) in [5.74, 6) is 0. The van der Waals surface area contributed by atoms with Crippen molar-refractivity contribution in [3.05, 3.63) is 48.0 Å². The number of aliphatic hydroxyl groups is 3. The molecule has 0 aromatic heterocycles. The minimum absolute atomic E-state index is 0.0407. The Kier molecular flexibility index (Phi) is 8.01. The summed E-state index contributed by atoms with van der Waals surface area (Å²) < 4.78 is 0. The van der Waals surface area contributed by atoms with E-state index < -0.39 is 0 Å². The Morgan fingerprint density at radius 2 is 1.54 bits per heavy atom. The molecular weight excluding hydrogens is 332 g/mol. The Morgan fingerprint density at radius 3 is 2.15 bits per heavy atom. The molecular formula is C19H28N4O3. The second-order valence-corrected chi connectivity index (χ2v) is 5.90. The molecule has 0 saturated carbocycles. The van der Waals surface area contributed by atoms with Crippen LogP contribution in [0, 0.1) is 0 Å². The summed E-state index contributed by atoms with van der Waals surface area (Å²) >= 11 is 0. The quantitative estimate of drug-likeness (QED) is 0.332. The first-order valence-electron chi connectivity index (χ1n) is 8.71. The third kappa shape index (κ3) is 5.80. The lowest BCUT2D eigenvalue weighted by Crippen LogP contribution is -2.29. The second-order valence-electron chi connectivity index (χ2n) is 5.90. The molecule has 2 aromatic carbocycles. The van der Waals surface area contributed by atoms with Crippen molar-refractivity contribution in [3.8, 4) is 0 Å². The van der Waals surface area contributed by atoms with Gasteiger partial charge < -0.3 is 36.6 Å². The van der Waals surface area contributed by atoms with Gasteiger partial charge >= 0.3 is 0 Å². The van der Waals surface area contributed by atoms with Gasteiger partial charge in [0.05, 0.1) is 19.8 Å². The average molecular weight is 360 g/mol. The van der Waals surface area contributed by atoms with Gasteiger partial charge in [0.15, 0.2) is 0 Å². The van der Waals surface area contributed by atoms with Crippen LogP contribution < -0.4 is 21.3 Å². The van der Waals surface area contributed by atoms with Crippen molar-refractivity contribution in [2.45, 2.75) is 6.54 Å². The molecule has 0 spiro atoms. The van der Waals surface area contributed by atoms with Crippen LogP contribution in [-0.2, 0) is 6.54 Å². The van der Waals surface area contributed by atoms with Gasteiger partial charge in [0.1, 0.15) is 0 Å². The highest BCUT2D eigenvalue weighted by atomic mass is 16.3. The van der Waals surface area contributed by atoms with Crippen molar-refractivity contribution < 1.29 is 15.3 Å². The standard InChI is InChI=1S/C19H28N4O3/c20-16-1-6-19(21-7-10-24)15(13-16)14-22-17-2-4-18(5-3-17)23(8-11-25)9-12-26/h1-6,13,21-22,24-26H,7-12,14,20H2. The lowest BCUT2D eigenvalue weighted by molar-refractivity contribution is 0.281. The molecule has 142 valence electrons. The SMILES string of the molecule is Nc1ccc(NCCO)c(CNc2ccc(N(CCO)CCO)cc2)c1. The number of nitrogen functional groups attached to an aromatic ring is 1. The number of anilines is 4. The first-order chi connectivity index (χ1) is 12.7. The maximum atomic E-state index is 9.13. The molecule has 0 radical (unpaired) electrons. The summed E-state index contributed by atoms with van der Waals surface area (Å²) in [4.78, 5) is 1.93. The zero-order chi connectivity index (χ0) is 18.8. The fourth-order valence-electron chi connectivity index (χ4n) is 2.72. The monoisotopic (exact) mass is 360 g/mol. The maximum Gasteiger partial charge on any atom is 0.0606 e. The number of nitrogens with zero attached hydrogens (tertiary/aromatic N) is 1. The summed E-state index contributed by atoms with van der Waals surface area (Å²) in [5, 5.41) is 33.8. The van der Waals surface area contributed by atoms with Crippen molar-refractivity contribution in [2.75, 3.05) is 60.7 Å². The number of rotatable bonds is 11. The lowest BCUT2D eigenvalue weighted by Gasteiger charge is -2.23. The largest absolute Gasteiger partial charge is 0.399 e. The van der Waals surface area contributed by atoms with Crippen LogP contribution in [0.15, 0.2) is 42.5 Å². The van der Waals surface area contributed by atoms with E-state index in [9.17, 15) is 0 Å². The third-order valence-electron chi connectivity index (χ3n) is 4.01. The summed E-state index contributed by atoms with van der Waals surface area (Å²) in [7, 11) is 0. The summed E-state index contributed by atoms with van der Waals surface area (Å²) in [6.07, 6.45) is 0. The molecule has 2 rings (SSSR count). The minimum atomic E-state index is 0.0407. The van der Waals surface area contributed by atoms with Gasteiger partial charge in [-0.1, -0.05) is 0 Å². The molecule has 0 unspecified atom stereocenters. The lowest BCUT2D eigenvalue weighted by atomic mass is 10.1. The van der Waals surface area contributed by atoms with Crippen LogP contribution in [-0.4, -0.2) is 54.8 Å². The molecule has 0 atom stereocenters. The third-order valence-corrected chi connectivity index (χ3v) is 4.01. The first kappa shape index (κ1) is 19.8. The fourth-order valence-corrected chi connectivity index (χ4v) is 2.72. The molecule has 2 aromatic rings. The van der Waals surface area contributed by atoms with E-state index in [1.54, 1.807) is 0 Å². The molecule has 0 aliphatic rings. The summed E-state index contributed by atoms with van der Waals surface area (Å²) in [6.45, 7) is 2.19. The van der Waals surface area contributed by atoms with Gasteiger partial charge in [-0.05, 0) is 48.0 Å². The first-order valence-corrected chi connectivity index (χ1v) is 8.71. The van der Waals surface area contributed by atoms with Crippen LogP contribution in [0.5, 0.6) is 0 Å². The van der Waals surface area contributed by atoms with Crippen molar-refractivity contribution in [1.29, 1.82) is 0 Å². The number of hydrogen-bond acceptors (Lipinski definition) is 7. The van der Waals surface area contributed by atoms with Crippen molar-refractivity contribution in [2.24, 2.45) is 0 Å². The summed E-state index contributed by atoms with van der Waals surface area (Å²) in [6, 6.07) is 13.5. The molecule has 0 bridgehead atoms. The van der Waals surface area contributed by atoms with Crippen molar-refractivity contribution in [1.82, 2.24) is 0 Å². The Morgan fingerprint density at radius 1 is 0.846 bits per heavy atom. The van der Waals surface area contributed by atoms with Crippen LogP contribution in [0.3, 0.4) is 0 Å². The van der Waals surface area contributed by atoms with E-state index in [1.807, 2.05) is 47.4 Å². The van der Waals surface area contributed by atoms with Crippen LogP contribution in [0.4, 0.5) is 22.7 Å². The van der Waals surface area contributed by atoms with Crippen LogP contribution >= 0.6 is 0 Å². The van der Waals surface area contributed by atoms with Gasteiger partial charge in [-0.25, -0.2) is 0 Å². The topological polar surface area (TPSA) is 114 Å². The molecule has 7 nitrogen and oxygen atoms in total. The predicted octanol–water partition coefficient (Wildman–Crippen LogP) is 1.08. The number of benzene rings is 2. The Hall–Kier alpha value is -2.48. The zero-order valence-electron chi connectivity index (χ0n) is 14.9. The van der Waals surface area contributed by atoms with E-state index in [0.717, 1.165) is 22.6 Å². The molecule has 0 fully saturated rings. The number of nitrogens with two attached hydrogens (primary N) is 1. The minimum Gasteiger partial charge on any atom is -0.399 e. The Labute approximate surface area is 154 Å². The van der Waals surface area contributed by atoms with Crippen molar-refractivity contribution in [3.63, 3.8) is 0 Å². The number of hydrogen-bond donors (Lipinski definition) is 6. The number of aliphatic hydroxyl groups excluding tert-OH is 3. The highest BCUT2D eigenvalue weighted by Gasteiger charge is 2.06. The predicted molar refractivity (Wildman–Crippen MR) is 107 cm³/mol. The van der Waals surface area contributed by atoms with Gasteiger partial charge in [0, 0.05) is 48.9 Å². The highest BCUT2D eigenvalue weighted by Crippen LogP contribution is 2.22. The molecule has 7 heteroatoms. The van der Waals surface area contributed by atoms with Crippen molar-refractivity contribution >= 4 is 22.7 Å². The van der Waals surface area contributed by atoms with Gasteiger partial charge in [-0.2, -0.15) is 0 Å². The van der Waals surface area contributed by atoms with E-state index >= 15 is 0 Å². The summed E-state index contributed by atoms with van der Waals surface area (Å²) in [5.41, 5.74) is 10.4. The van der Waals surface area contributed by atoms with Gasteiger partial charge in [-0.3, -0.25) is 0 Å². The van der Waals surface area contributed by atoms with Gasteiger partial charge in [-0.15, -0.1) is 0 Å². The van der Waals surface area contributed by atoms with Crippen LogP contribution in [0.25, 0.3) is 0 Å². The fraction of sp³-hybridized carbons (Fsp3) is 0.368. The number of nitrogens with one attached hydrogen (secondary N) is 2. The van der Waals surface area contributed by atoms with E-state index in [-0.39, 0.29) is 19.8 Å². The molecule has 26 heavy (non-hydrogen) atoms. The smallest absolute Gasteiger partial charge is 0.0606 e. The second kappa shape index (κ2) is 10.5. The molecule has 0 amide bonds. The zero-order valence-corrected chi connectivity index (χ0v) is 14.9. The average Bonchev–Trinajstić information content (AvgIpc) is 2.66. The molecule has 0 aliphatic carbocycles. The normalized spacial score (nSPS) is 10.6. The Bertz CT molecular complexity index is 658. The molecule has 0 heterocycles. The van der Waals surface area contributed by atoms with E-state index in [1.165, 1.54) is 0 Å². The molecule has 7 N–H and O–H groups in total. The van der Waals surface area contributed by atoms with E-state index in [0.29, 0.717) is 31.9 Å². The van der Waals surface area contributed by atoms with Crippen LogP contribution in [0.1, 0.15) is 5.56 Å². The highest BCUT2D eigenvalue weighted by molar-refractivity contribution is 5.60. The molecule has 0 aliphatic heterocycles. The maximum absolute atomic E-state index is 9.13. The molecule has 0 saturated heterocycles. The van der Waals surface area contributed by atoms with E-state index in [2.05, 4.69) is 10.6 Å². The van der Waals surface area contributed by atoms with Crippen LogP contribution in [0.2, 0.25) is 0 Å². The van der Waals surface area contributed by atoms with E-state index in [4.69, 9.17) is 21.1 Å².